The molecule has 1 aromatic carbocycles. The van der Waals surface area contributed by atoms with Crippen LogP contribution in [0.25, 0.3) is 0 Å². The Labute approximate surface area is 111 Å². The van der Waals surface area contributed by atoms with Gasteiger partial charge in [0, 0.05) is 24.2 Å². The van der Waals surface area contributed by atoms with E-state index in [1.54, 1.807) is 10.8 Å². The van der Waals surface area contributed by atoms with Gasteiger partial charge < -0.3 is 4.98 Å². The number of H-pyrrole nitrogens is 1. The molecule has 2 rings (SSSR count). The lowest BCUT2D eigenvalue weighted by atomic mass is 10.1. The standard InChI is InChI=1S/C14H16N2OS/c1-10(2)16-13(17)12(9-15-14(16)18)8-11-6-4-3-5-7-11/h3-7,9-10H,8H2,1-2H3,(H,15,18). The van der Waals surface area contributed by atoms with Gasteiger partial charge >= 0.3 is 0 Å². The van der Waals surface area contributed by atoms with Crippen molar-refractivity contribution >= 4 is 12.2 Å². The van der Waals surface area contributed by atoms with E-state index < -0.39 is 0 Å². The number of aromatic amines is 1. The van der Waals surface area contributed by atoms with Crippen molar-refractivity contribution in [3.8, 4) is 0 Å². The predicted molar refractivity (Wildman–Crippen MR) is 75.5 cm³/mol. The van der Waals surface area contributed by atoms with E-state index in [4.69, 9.17) is 12.2 Å². The van der Waals surface area contributed by atoms with Crippen LogP contribution in [0.3, 0.4) is 0 Å². The number of aromatic nitrogens is 2. The molecule has 0 saturated heterocycles. The summed E-state index contributed by atoms with van der Waals surface area (Å²) in [6.45, 7) is 3.91. The van der Waals surface area contributed by atoms with Crippen molar-refractivity contribution in [2.45, 2.75) is 26.3 Å². The fourth-order valence-corrected chi connectivity index (χ4v) is 2.29. The second-order valence-corrected chi connectivity index (χ2v) is 4.94. The number of benzene rings is 1. The van der Waals surface area contributed by atoms with Crippen molar-refractivity contribution < 1.29 is 0 Å². The molecular formula is C14H16N2OS. The Kier molecular flexibility index (Phi) is 3.77. The second-order valence-electron chi connectivity index (χ2n) is 4.55. The first-order valence-electron chi connectivity index (χ1n) is 5.96. The highest BCUT2D eigenvalue weighted by atomic mass is 32.1. The van der Waals surface area contributed by atoms with Crippen LogP contribution in [0.4, 0.5) is 0 Å². The van der Waals surface area contributed by atoms with Crippen LogP contribution < -0.4 is 5.56 Å². The van der Waals surface area contributed by atoms with E-state index in [0.717, 1.165) is 11.1 Å². The van der Waals surface area contributed by atoms with Crippen LogP contribution in [0.5, 0.6) is 0 Å². The average Bonchev–Trinajstić information content (AvgIpc) is 2.34. The molecule has 1 heterocycles. The Morgan fingerprint density at radius 3 is 2.56 bits per heavy atom. The van der Waals surface area contributed by atoms with Gasteiger partial charge in [0.1, 0.15) is 0 Å². The Bertz CT molecular complexity index is 641. The second kappa shape index (κ2) is 5.31. The molecular weight excluding hydrogens is 244 g/mol. The molecule has 0 saturated carbocycles. The molecule has 0 bridgehead atoms. The van der Waals surface area contributed by atoms with E-state index in [1.807, 2.05) is 44.2 Å². The highest BCUT2D eigenvalue weighted by Gasteiger charge is 2.08. The van der Waals surface area contributed by atoms with Crippen molar-refractivity contribution in [2.24, 2.45) is 0 Å². The van der Waals surface area contributed by atoms with Gasteiger partial charge in [-0.15, -0.1) is 0 Å². The molecule has 0 aliphatic heterocycles. The van der Waals surface area contributed by atoms with Gasteiger partial charge in [0.05, 0.1) is 0 Å². The third-order valence-corrected chi connectivity index (χ3v) is 3.15. The molecule has 0 aliphatic rings. The summed E-state index contributed by atoms with van der Waals surface area (Å²) in [5.74, 6) is 0. The van der Waals surface area contributed by atoms with Crippen molar-refractivity contribution in [3.63, 3.8) is 0 Å². The summed E-state index contributed by atoms with van der Waals surface area (Å²) in [5, 5.41) is 0. The lowest BCUT2D eigenvalue weighted by Crippen LogP contribution is -2.26. The number of hydrogen-bond donors (Lipinski definition) is 1. The fourth-order valence-electron chi connectivity index (χ4n) is 1.94. The maximum absolute atomic E-state index is 12.3. The first kappa shape index (κ1) is 12.8. The van der Waals surface area contributed by atoms with Crippen LogP contribution in [-0.4, -0.2) is 9.55 Å². The van der Waals surface area contributed by atoms with Gasteiger partial charge in [0.25, 0.3) is 5.56 Å². The Hall–Kier alpha value is -1.68. The van der Waals surface area contributed by atoms with Gasteiger partial charge in [-0.25, -0.2) is 0 Å². The first-order chi connectivity index (χ1) is 8.59. The number of rotatable bonds is 3. The zero-order chi connectivity index (χ0) is 13.1. The monoisotopic (exact) mass is 260 g/mol. The summed E-state index contributed by atoms with van der Waals surface area (Å²) in [7, 11) is 0. The van der Waals surface area contributed by atoms with E-state index in [0.29, 0.717) is 11.2 Å². The molecule has 0 spiro atoms. The van der Waals surface area contributed by atoms with Crippen LogP contribution >= 0.6 is 12.2 Å². The zero-order valence-corrected chi connectivity index (χ0v) is 11.3. The molecule has 4 heteroatoms. The van der Waals surface area contributed by atoms with Crippen LogP contribution in [0.15, 0.2) is 41.3 Å². The van der Waals surface area contributed by atoms with E-state index in [2.05, 4.69) is 4.98 Å². The van der Waals surface area contributed by atoms with Crippen molar-refractivity contribution in [2.75, 3.05) is 0 Å². The van der Waals surface area contributed by atoms with E-state index in [-0.39, 0.29) is 11.6 Å². The van der Waals surface area contributed by atoms with E-state index >= 15 is 0 Å². The molecule has 0 fully saturated rings. The number of nitrogens with zero attached hydrogens (tertiary/aromatic N) is 1. The SMILES string of the molecule is CC(C)n1c(=S)[nH]cc(Cc2ccccc2)c1=O. The summed E-state index contributed by atoms with van der Waals surface area (Å²) in [4.78, 5) is 15.3. The quantitative estimate of drug-likeness (QED) is 0.861. The molecule has 0 amide bonds. The minimum atomic E-state index is -0.00222. The Morgan fingerprint density at radius 2 is 1.94 bits per heavy atom. The first-order valence-corrected chi connectivity index (χ1v) is 6.37. The van der Waals surface area contributed by atoms with Crippen LogP contribution in [0, 0.1) is 4.77 Å². The highest BCUT2D eigenvalue weighted by molar-refractivity contribution is 7.71. The molecule has 1 N–H and O–H groups in total. The van der Waals surface area contributed by atoms with Crippen LogP contribution in [0.2, 0.25) is 0 Å². The minimum Gasteiger partial charge on any atom is -0.338 e. The van der Waals surface area contributed by atoms with Crippen LogP contribution in [0.1, 0.15) is 31.0 Å². The van der Waals surface area contributed by atoms with Gasteiger partial charge in [-0.05, 0) is 31.6 Å². The maximum Gasteiger partial charge on any atom is 0.258 e. The lowest BCUT2D eigenvalue weighted by Gasteiger charge is -2.11. The smallest absolute Gasteiger partial charge is 0.258 e. The highest BCUT2D eigenvalue weighted by Crippen LogP contribution is 2.07. The summed E-state index contributed by atoms with van der Waals surface area (Å²) in [5.41, 5.74) is 1.86. The van der Waals surface area contributed by atoms with Crippen molar-refractivity contribution in [3.05, 3.63) is 62.8 Å². The van der Waals surface area contributed by atoms with E-state index in [1.165, 1.54) is 0 Å². The molecule has 1 aromatic heterocycles. The van der Waals surface area contributed by atoms with Gasteiger partial charge in [0.2, 0.25) is 0 Å². The molecule has 0 aliphatic carbocycles. The number of nitrogens with one attached hydrogen (secondary N) is 1. The number of hydrogen-bond acceptors (Lipinski definition) is 2. The molecule has 0 radical (unpaired) electrons. The molecule has 3 nitrogen and oxygen atoms in total. The topological polar surface area (TPSA) is 37.8 Å². The predicted octanol–water partition coefficient (Wildman–Crippen LogP) is 3.08. The van der Waals surface area contributed by atoms with Crippen LogP contribution in [-0.2, 0) is 6.42 Å². The third-order valence-electron chi connectivity index (χ3n) is 2.84. The third kappa shape index (κ3) is 2.59. The van der Waals surface area contributed by atoms with Crippen molar-refractivity contribution in [1.82, 2.24) is 9.55 Å². The van der Waals surface area contributed by atoms with Gasteiger partial charge in [-0.1, -0.05) is 30.3 Å². The summed E-state index contributed by atoms with van der Waals surface area (Å²) in [6, 6.07) is 10.0. The average molecular weight is 260 g/mol. The molecule has 18 heavy (non-hydrogen) atoms. The van der Waals surface area contributed by atoms with Crippen molar-refractivity contribution in [1.29, 1.82) is 0 Å². The van der Waals surface area contributed by atoms with Gasteiger partial charge in [-0.3, -0.25) is 9.36 Å². The largest absolute Gasteiger partial charge is 0.338 e. The lowest BCUT2D eigenvalue weighted by molar-refractivity contribution is 0.554. The zero-order valence-electron chi connectivity index (χ0n) is 10.5. The normalized spacial score (nSPS) is 10.8. The summed E-state index contributed by atoms with van der Waals surface area (Å²) >= 11 is 5.15. The maximum atomic E-state index is 12.3. The molecule has 0 atom stereocenters. The summed E-state index contributed by atoms with van der Waals surface area (Å²) < 4.78 is 2.10. The van der Waals surface area contributed by atoms with Gasteiger partial charge in [0.15, 0.2) is 4.77 Å². The van der Waals surface area contributed by atoms with Gasteiger partial charge in [-0.2, -0.15) is 0 Å². The Balaban J connectivity index is 2.45. The fraction of sp³-hybridized carbons (Fsp3) is 0.286. The summed E-state index contributed by atoms with van der Waals surface area (Å²) in [6.07, 6.45) is 2.34. The molecule has 2 aromatic rings. The molecule has 94 valence electrons. The molecule has 0 unspecified atom stereocenters. The Morgan fingerprint density at radius 1 is 1.28 bits per heavy atom. The minimum absolute atomic E-state index is 0.00222. The van der Waals surface area contributed by atoms with E-state index in [9.17, 15) is 4.79 Å².